The van der Waals surface area contributed by atoms with Crippen LogP contribution in [0.5, 0.6) is 0 Å². The van der Waals surface area contributed by atoms with Crippen molar-refractivity contribution in [1.82, 2.24) is 0 Å². The number of aliphatic hydroxyl groups is 1. The third-order valence-electron chi connectivity index (χ3n) is 0.865. The van der Waals surface area contributed by atoms with Gasteiger partial charge >= 0.3 is 5.97 Å². The number of carboxylic acids is 1. The molecule has 0 aromatic rings. The molecule has 0 rings (SSSR count). The Kier molecular flexibility index (Phi) is 1.94. The van der Waals surface area contributed by atoms with Crippen molar-refractivity contribution in [3.8, 4) is 0 Å². The van der Waals surface area contributed by atoms with Gasteiger partial charge in [0, 0.05) is 6.92 Å². The number of aliphatic carboxylic acids is 1. The molecular weight excluding hydrogens is 110 g/mol. The zero-order valence-electron chi connectivity index (χ0n) is 4.72. The second kappa shape index (κ2) is 2.11. The first kappa shape index (κ1) is 7.39. The Balaban J connectivity index is 3.91. The van der Waals surface area contributed by atoms with Gasteiger partial charge in [0.05, 0.1) is 0 Å². The fourth-order valence-corrected chi connectivity index (χ4v) is 0.0676. The molecule has 4 nitrogen and oxygen atoms in total. The van der Waals surface area contributed by atoms with Gasteiger partial charge in [-0.25, -0.2) is 4.79 Å². The van der Waals surface area contributed by atoms with Crippen molar-refractivity contribution in [3.63, 3.8) is 0 Å². The standard InChI is InChI=1S/C4H9NO3/c1-4(5,2-6)3(7)8/h6H,2,5H2,1H3,(H,7,8)/p+1. The molecule has 0 aliphatic carbocycles. The molecule has 0 spiro atoms. The smallest absolute Gasteiger partial charge is 0.367 e. The average molecular weight is 120 g/mol. The number of aliphatic hydroxyl groups excluding tert-OH is 1. The van der Waals surface area contributed by atoms with Crippen molar-refractivity contribution < 1.29 is 20.7 Å². The molecule has 0 fully saturated rings. The summed E-state index contributed by atoms with van der Waals surface area (Å²) in [6, 6.07) is 0. The summed E-state index contributed by atoms with van der Waals surface area (Å²) in [6.07, 6.45) is 0. The lowest BCUT2D eigenvalue weighted by Gasteiger charge is -2.09. The van der Waals surface area contributed by atoms with Gasteiger partial charge in [0.25, 0.3) is 0 Å². The summed E-state index contributed by atoms with van der Waals surface area (Å²) in [5.41, 5.74) is 2.00. The monoisotopic (exact) mass is 120 g/mol. The van der Waals surface area contributed by atoms with E-state index in [0.29, 0.717) is 0 Å². The Morgan fingerprint density at radius 2 is 2.25 bits per heavy atom. The van der Waals surface area contributed by atoms with Crippen LogP contribution in [0.15, 0.2) is 0 Å². The number of hydrogen-bond acceptors (Lipinski definition) is 2. The van der Waals surface area contributed by atoms with E-state index in [9.17, 15) is 4.79 Å². The molecular formula is C4H10NO3+. The van der Waals surface area contributed by atoms with Gasteiger partial charge in [0.15, 0.2) is 0 Å². The third kappa shape index (κ3) is 1.48. The highest BCUT2D eigenvalue weighted by Gasteiger charge is 2.30. The van der Waals surface area contributed by atoms with Crippen LogP contribution in [0.25, 0.3) is 0 Å². The van der Waals surface area contributed by atoms with E-state index in [4.69, 9.17) is 10.2 Å². The Bertz CT molecular complexity index is 99.5. The molecule has 0 amide bonds. The van der Waals surface area contributed by atoms with Crippen LogP contribution in [0.2, 0.25) is 0 Å². The van der Waals surface area contributed by atoms with Gasteiger partial charge in [-0.05, 0) is 0 Å². The van der Waals surface area contributed by atoms with Crippen molar-refractivity contribution in [1.29, 1.82) is 0 Å². The molecule has 0 saturated carbocycles. The van der Waals surface area contributed by atoms with Crippen LogP contribution >= 0.6 is 0 Å². The number of carbonyl (C=O) groups is 1. The Hall–Kier alpha value is -0.610. The van der Waals surface area contributed by atoms with Crippen LogP contribution in [0.1, 0.15) is 6.92 Å². The van der Waals surface area contributed by atoms with E-state index >= 15 is 0 Å². The third-order valence-corrected chi connectivity index (χ3v) is 0.865. The minimum atomic E-state index is -1.24. The molecule has 8 heavy (non-hydrogen) atoms. The highest BCUT2D eigenvalue weighted by atomic mass is 16.4. The van der Waals surface area contributed by atoms with E-state index < -0.39 is 18.1 Å². The SMILES string of the molecule is CC([NH3+])(CO)C(=O)O. The highest BCUT2D eigenvalue weighted by molar-refractivity contribution is 5.76. The van der Waals surface area contributed by atoms with Crippen molar-refractivity contribution >= 4 is 5.97 Å². The van der Waals surface area contributed by atoms with Gasteiger partial charge < -0.3 is 15.9 Å². The van der Waals surface area contributed by atoms with Gasteiger partial charge in [0.1, 0.15) is 6.61 Å². The quantitative estimate of drug-likeness (QED) is 0.396. The molecule has 0 saturated heterocycles. The predicted octanol–water partition coefficient (Wildman–Crippen LogP) is -1.94. The molecule has 0 aliphatic rings. The number of quaternary nitrogens is 1. The molecule has 48 valence electrons. The van der Waals surface area contributed by atoms with Crippen molar-refractivity contribution in [2.45, 2.75) is 12.5 Å². The van der Waals surface area contributed by atoms with E-state index in [1.807, 2.05) is 0 Å². The summed E-state index contributed by atoms with van der Waals surface area (Å²) in [7, 11) is 0. The second-order valence-corrected chi connectivity index (χ2v) is 2.02. The molecule has 1 unspecified atom stereocenters. The maximum atomic E-state index is 10.0. The van der Waals surface area contributed by atoms with Crippen LogP contribution in [0, 0.1) is 0 Å². The molecule has 5 N–H and O–H groups in total. The number of rotatable bonds is 2. The van der Waals surface area contributed by atoms with E-state index in [0.717, 1.165) is 0 Å². The molecule has 1 atom stereocenters. The normalized spacial score (nSPS) is 17.4. The lowest BCUT2D eigenvalue weighted by atomic mass is 10.1. The number of carboxylic acid groups (broad SMARTS) is 1. The van der Waals surface area contributed by atoms with Gasteiger partial charge in [-0.2, -0.15) is 0 Å². The average Bonchev–Trinajstić information content (AvgIpc) is 1.67. The predicted molar refractivity (Wildman–Crippen MR) is 26.0 cm³/mol. The van der Waals surface area contributed by atoms with Gasteiger partial charge in [-0.3, -0.25) is 0 Å². The Morgan fingerprint density at radius 3 is 2.25 bits per heavy atom. The van der Waals surface area contributed by atoms with Crippen molar-refractivity contribution in [2.75, 3.05) is 6.61 Å². The largest absolute Gasteiger partial charge is 0.477 e. The fraction of sp³-hybridized carbons (Fsp3) is 0.750. The van der Waals surface area contributed by atoms with Gasteiger partial charge in [-0.1, -0.05) is 0 Å². The first-order valence-electron chi connectivity index (χ1n) is 2.20. The Morgan fingerprint density at radius 1 is 1.88 bits per heavy atom. The molecule has 0 heterocycles. The first-order chi connectivity index (χ1) is 3.50. The molecule has 4 heteroatoms. The summed E-state index contributed by atoms with van der Waals surface area (Å²) >= 11 is 0. The second-order valence-electron chi connectivity index (χ2n) is 2.02. The van der Waals surface area contributed by atoms with E-state index in [-0.39, 0.29) is 0 Å². The maximum Gasteiger partial charge on any atom is 0.367 e. The summed E-state index contributed by atoms with van der Waals surface area (Å²) in [5, 5.41) is 16.5. The molecule has 0 aromatic heterocycles. The molecule has 0 aromatic carbocycles. The summed E-state index contributed by atoms with van der Waals surface area (Å²) < 4.78 is 0. The first-order valence-corrected chi connectivity index (χ1v) is 2.20. The van der Waals surface area contributed by atoms with Crippen LogP contribution < -0.4 is 5.73 Å². The summed E-state index contributed by atoms with van der Waals surface area (Å²) in [5.74, 6) is -1.08. The van der Waals surface area contributed by atoms with Gasteiger partial charge in [-0.15, -0.1) is 0 Å². The maximum absolute atomic E-state index is 10.0. The topological polar surface area (TPSA) is 85.2 Å². The van der Waals surface area contributed by atoms with E-state index in [2.05, 4.69) is 5.73 Å². The fourth-order valence-electron chi connectivity index (χ4n) is 0.0676. The Labute approximate surface area is 46.9 Å². The summed E-state index contributed by atoms with van der Waals surface area (Å²) in [4.78, 5) is 10.0. The lowest BCUT2D eigenvalue weighted by molar-refractivity contribution is -0.461. The highest BCUT2D eigenvalue weighted by Crippen LogP contribution is 1.91. The zero-order chi connectivity index (χ0) is 6.78. The van der Waals surface area contributed by atoms with Crippen molar-refractivity contribution in [2.24, 2.45) is 0 Å². The number of hydrogen-bond donors (Lipinski definition) is 3. The zero-order valence-corrected chi connectivity index (χ0v) is 4.72. The lowest BCUT2D eigenvalue weighted by Crippen LogP contribution is -2.76. The van der Waals surface area contributed by atoms with E-state index in [1.165, 1.54) is 6.92 Å². The minimum absolute atomic E-state index is 0.428. The van der Waals surface area contributed by atoms with Crippen LogP contribution in [-0.4, -0.2) is 28.3 Å². The van der Waals surface area contributed by atoms with Crippen molar-refractivity contribution in [3.05, 3.63) is 0 Å². The molecule has 0 aliphatic heterocycles. The minimum Gasteiger partial charge on any atom is -0.477 e. The van der Waals surface area contributed by atoms with Crippen LogP contribution in [0.4, 0.5) is 0 Å². The molecule has 0 radical (unpaired) electrons. The summed E-state index contributed by atoms with van der Waals surface area (Å²) in [6.45, 7) is 0.928. The molecule has 0 bridgehead atoms. The van der Waals surface area contributed by atoms with Crippen LogP contribution in [0.3, 0.4) is 0 Å². The van der Waals surface area contributed by atoms with E-state index in [1.54, 1.807) is 0 Å². The van der Waals surface area contributed by atoms with Gasteiger partial charge in [0.2, 0.25) is 5.54 Å². The van der Waals surface area contributed by atoms with Crippen LogP contribution in [-0.2, 0) is 4.79 Å².